The number of alkyl halides is 3. The summed E-state index contributed by atoms with van der Waals surface area (Å²) in [6.07, 6.45) is -2.23. The van der Waals surface area contributed by atoms with E-state index in [-0.39, 0.29) is 11.1 Å². The summed E-state index contributed by atoms with van der Waals surface area (Å²) in [6, 6.07) is 2.28. The molecule has 5 heteroatoms. The van der Waals surface area contributed by atoms with Crippen LogP contribution in [0.3, 0.4) is 0 Å². The highest BCUT2D eigenvalue weighted by molar-refractivity contribution is 6.32. The zero-order valence-corrected chi connectivity index (χ0v) is 9.20. The summed E-state index contributed by atoms with van der Waals surface area (Å²) < 4.78 is 37.8. The summed E-state index contributed by atoms with van der Waals surface area (Å²) in [4.78, 5) is 0. The average molecular weight is 250 g/mol. The molecule has 2 rings (SSSR count). The van der Waals surface area contributed by atoms with Gasteiger partial charge in [-0.3, -0.25) is 0 Å². The largest absolute Gasteiger partial charge is 0.417 e. The summed E-state index contributed by atoms with van der Waals surface area (Å²) in [7, 11) is 0. The van der Waals surface area contributed by atoms with Gasteiger partial charge in [-0.05, 0) is 36.5 Å². The highest BCUT2D eigenvalue weighted by atomic mass is 35.5. The maximum absolute atomic E-state index is 12.6. The molecule has 1 nitrogen and oxygen atoms in total. The minimum Gasteiger partial charge on any atom is -0.324 e. The zero-order chi connectivity index (χ0) is 11.9. The SMILES string of the molecule is N[C@@H]1CCCc2c1ccc(C(F)(F)F)c2Cl. The van der Waals surface area contributed by atoms with Crippen molar-refractivity contribution in [2.45, 2.75) is 31.5 Å². The zero-order valence-electron chi connectivity index (χ0n) is 8.44. The molecule has 88 valence electrons. The average Bonchev–Trinajstić information content (AvgIpc) is 2.18. The van der Waals surface area contributed by atoms with Gasteiger partial charge in [0.1, 0.15) is 0 Å². The molecule has 0 saturated heterocycles. The Balaban J connectivity index is 2.55. The molecule has 16 heavy (non-hydrogen) atoms. The lowest BCUT2D eigenvalue weighted by Gasteiger charge is -2.24. The predicted octanol–water partition coefficient (Wildman–Crippen LogP) is 3.69. The second kappa shape index (κ2) is 3.93. The Morgan fingerprint density at radius 2 is 2.00 bits per heavy atom. The van der Waals surface area contributed by atoms with Gasteiger partial charge >= 0.3 is 6.18 Å². The molecule has 0 spiro atoms. The van der Waals surface area contributed by atoms with E-state index in [1.807, 2.05) is 0 Å². The molecule has 1 aromatic carbocycles. The fourth-order valence-corrected chi connectivity index (χ4v) is 2.48. The molecule has 0 radical (unpaired) electrons. The molecule has 0 aromatic heterocycles. The minimum atomic E-state index is -4.40. The fraction of sp³-hybridized carbons (Fsp3) is 0.455. The van der Waals surface area contributed by atoms with E-state index in [2.05, 4.69) is 0 Å². The number of hydrogen-bond acceptors (Lipinski definition) is 1. The summed E-state index contributed by atoms with van der Waals surface area (Å²) in [5, 5.41) is -0.180. The van der Waals surface area contributed by atoms with Gasteiger partial charge in [-0.2, -0.15) is 13.2 Å². The molecule has 0 fully saturated rings. The van der Waals surface area contributed by atoms with Gasteiger partial charge in [0, 0.05) is 6.04 Å². The van der Waals surface area contributed by atoms with E-state index in [0.717, 1.165) is 24.5 Å². The van der Waals surface area contributed by atoms with Crippen LogP contribution in [0, 0.1) is 0 Å². The lowest BCUT2D eigenvalue weighted by atomic mass is 9.87. The van der Waals surface area contributed by atoms with Gasteiger partial charge in [0.2, 0.25) is 0 Å². The van der Waals surface area contributed by atoms with E-state index in [4.69, 9.17) is 17.3 Å². The monoisotopic (exact) mass is 249 g/mol. The minimum absolute atomic E-state index is 0.180. The third kappa shape index (κ3) is 1.92. The summed E-state index contributed by atoms with van der Waals surface area (Å²) in [6.45, 7) is 0. The van der Waals surface area contributed by atoms with Crippen LogP contribution in [0.15, 0.2) is 12.1 Å². The molecule has 0 heterocycles. The van der Waals surface area contributed by atoms with Crippen LogP contribution in [0.25, 0.3) is 0 Å². The molecule has 0 saturated carbocycles. The Labute approximate surface area is 96.4 Å². The van der Waals surface area contributed by atoms with Crippen molar-refractivity contribution in [3.05, 3.63) is 33.8 Å². The second-order valence-corrected chi connectivity index (χ2v) is 4.37. The van der Waals surface area contributed by atoms with Crippen LogP contribution >= 0.6 is 11.6 Å². The topological polar surface area (TPSA) is 26.0 Å². The maximum Gasteiger partial charge on any atom is 0.417 e. The van der Waals surface area contributed by atoms with Crippen molar-refractivity contribution in [1.82, 2.24) is 0 Å². The number of benzene rings is 1. The lowest BCUT2D eigenvalue weighted by molar-refractivity contribution is -0.137. The van der Waals surface area contributed by atoms with Gasteiger partial charge in [0.15, 0.2) is 0 Å². The molecule has 1 atom stereocenters. The van der Waals surface area contributed by atoms with E-state index in [9.17, 15) is 13.2 Å². The summed E-state index contributed by atoms with van der Waals surface area (Å²) >= 11 is 5.80. The van der Waals surface area contributed by atoms with Gasteiger partial charge in [0.05, 0.1) is 10.6 Å². The normalized spacial score (nSPS) is 20.7. The van der Waals surface area contributed by atoms with Crippen LogP contribution in [0.4, 0.5) is 13.2 Å². The van der Waals surface area contributed by atoms with Crippen LogP contribution in [-0.4, -0.2) is 0 Å². The van der Waals surface area contributed by atoms with Crippen molar-refractivity contribution in [3.63, 3.8) is 0 Å². The second-order valence-electron chi connectivity index (χ2n) is 3.99. The quantitative estimate of drug-likeness (QED) is 0.746. The van der Waals surface area contributed by atoms with E-state index in [1.165, 1.54) is 6.07 Å². The maximum atomic E-state index is 12.6. The fourth-order valence-electron chi connectivity index (χ4n) is 2.11. The molecule has 0 bridgehead atoms. The molecule has 1 aliphatic rings. The van der Waals surface area contributed by atoms with E-state index in [1.54, 1.807) is 0 Å². The Morgan fingerprint density at radius 3 is 2.62 bits per heavy atom. The van der Waals surface area contributed by atoms with Crippen molar-refractivity contribution in [3.8, 4) is 0 Å². The molecule has 2 N–H and O–H groups in total. The summed E-state index contributed by atoms with van der Waals surface area (Å²) in [5.74, 6) is 0. The first-order chi connectivity index (χ1) is 7.41. The highest BCUT2D eigenvalue weighted by Crippen LogP contribution is 2.41. The van der Waals surface area contributed by atoms with Crippen LogP contribution in [0.1, 0.15) is 35.6 Å². The molecular formula is C11H11ClF3N. The molecule has 0 aliphatic heterocycles. The van der Waals surface area contributed by atoms with Crippen molar-refractivity contribution >= 4 is 11.6 Å². The van der Waals surface area contributed by atoms with Crippen LogP contribution in [0.5, 0.6) is 0 Å². The van der Waals surface area contributed by atoms with Crippen LogP contribution < -0.4 is 5.73 Å². The van der Waals surface area contributed by atoms with Gasteiger partial charge < -0.3 is 5.73 Å². The molecule has 1 aromatic rings. The number of rotatable bonds is 0. The van der Waals surface area contributed by atoms with Crippen LogP contribution in [0.2, 0.25) is 5.02 Å². The van der Waals surface area contributed by atoms with Crippen molar-refractivity contribution < 1.29 is 13.2 Å². The van der Waals surface area contributed by atoms with E-state index < -0.39 is 11.7 Å². The smallest absolute Gasteiger partial charge is 0.324 e. The Bertz CT molecular complexity index is 414. The third-order valence-corrected chi connectivity index (χ3v) is 3.36. The van der Waals surface area contributed by atoms with Gasteiger partial charge in [-0.15, -0.1) is 0 Å². The number of hydrogen-bond donors (Lipinski definition) is 1. The Morgan fingerprint density at radius 1 is 1.31 bits per heavy atom. The molecule has 0 amide bonds. The summed E-state index contributed by atoms with van der Waals surface area (Å²) in [5.41, 5.74) is 6.39. The standard InChI is InChI=1S/C11H11ClF3N/c12-10-7-2-1-3-9(16)6(7)4-5-8(10)11(13,14)15/h4-5,9H,1-3,16H2/t9-/m1/s1. The Hall–Kier alpha value is -0.740. The highest BCUT2D eigenvalue weighted by Gasteiger charge is 2.35. The molecule has 0 unspecified atom stereocenters. The van der Waals surface area contributed by atoms with E-state index in [0.29, 0.717) is 12.0 Å². The van der Waals surface area contributed by atoms with Gasteiger partial charge in [-0.1, -0.05) is 17.7 Å². The van der Waals surface area contributed by atoms with Gasteiger partial charge in [0.25, 0.3) is 0 Å². The first-order valence-electron chi connectivity index (χ1n) is 5.05. The van der Waals surface area contributed by atoms with Crippen molar-refractivity contribution in [1.29, 1.82) is 0 Å². The first-order valence-corrected chi connectivity index (χ1v) is 5.43. The number of halogens is 4. The predicted molar refractivity (Wildman–Crippen MR) is 56.3 cm³/mol. The number of fused-ring (bicyclic) bond motifs is 1. The van der Waals surface area contributed by atoms with Crippen LogP contribution in [-0.2, 0) is 12.6 Å². The lowest BCUT2D eigenvalue weighted by Crippen LogP contribution is -2.19. The molecular weight excluding hydrogens is 239 g/mol. The Kier molecular flexibility index (Phi) is 2.88. The van der Waals surface area contributed by atoms with Gasteiger partial charge in [-0.25, -0.2) is 0 Å². The first kappa shape index (κ1) is 11.7. The molecule has 1 aliphatic carbocycles. The third-order valence-electron chi connectivity index (χ3n) is 2.93. The van der Waals surface area contributed by atoms with Crippen molar-refractivity contribution in [2.24, 2.45) is 5.73 Å². The van der Waals surface area contributed by atoms with Crippen molar-refractivity contribution in [2.75, 3.05) is 0 Å². The number of nitrogens with two attached hydrogens (primary N) is 1. The van der Waals surface area contributed by atoms with E-state index >= 15 is 0 Å².